The second-order valence-electron chi connectivity index (χ2n) is 3.76. The molecule has 1 aromatic heterocycles. The quantitative estimate of drug-likeness (QED) is 0.667. The predicted octanol–water partition coefficient (Wildman–Crippen LogP) is 3.48. The van der Waals surface area contributed by atoms with Crippen molar-refractivity contribution in [1.29, 1.82) is 0 Å². The first-order chi connectivity index (χ1) is 6.34. The fraction of sp³-hybridized carbons (Fsp3) is 0.727. The number of aromatic nitrogens is 2. The lowest BCUT2D eigenvalue weighted by Crippen LogP contribution is -1.94. The summed E-state index contributed by atoms with van der Waals surface area (Å²) in [5, 5.41) is 6.99. The minimum absolute atomic E-state index is 0.638. The third-order valence-electron chi connectivity index (χ3n) is 2.54. The van der Waals surface area contributed by atoms with Gasteiger partial charge in [-0.1, -0.05) is 39.5 Å². The summed E-state index contributed by atoms with van der Waals surface area (Å²) in [6.07, 6.45) is 8.51. The molecule has 74 valence electrons. The average molecular weight is 180 g/mol. The van der Waals surface area contributed by atoms with E-state index in [1.165, 1.54) is 37.8 Å². The molecule has 0 amide bonds. The Hall–Kier alpha value is -0.790. The molecular weight excluding hydrogens is 160 g/mol. The summed E-state index contributed by atoms with van der Waals surface area (Å²) in [4.78, 5) is 0. The number of hydrogen-bond donors (Lipinski definition) is 1. The molecule has 0 bridgehead atoms. The van der Waals surface area contributed by atoms with Crippen LogP contribution >= 0.6 is 0 Å². The van der Waals surface area contributed by atoms with E-state index in [1.807, 2.05) is 6.20 Å². The summed E-state index contributed by atoms with van der Waals surface area (Å²) in [6, 6.07) is 2.07. The topological polar surface area (TPSA) is 28.7 Å². The molecule has 0 aliphatic carbocycles. The van der Waals surface area contributed by atoms with E-state index in [1.54, 1.807) is 0 Å². The van der Waals surface area contributed by atoms with Crippen LogP contribution < -0.4 is 0 Å². The molecule has 0 aromatic carbocycles. The van der Waals surface area contributed by atoms with E-state index in [9.17, 15) is 0 Å². The van der Waals surface area contributed by atoms with E-state index in [2.05, 4.69) is 30.1 Å². The Kier molecular flexibility index (Phi) is 4.58. The number of rotatable bonds is 6. The summed E-state index contributed by atoms with van der Waals surface area (Å²) in [5.74, 6) is 0.638. The molecule has 1 unspecified atom stereocenters. The van der Waals surface area contributed by atoms with E-state index < -0.39 is 0 Å². The van der Waals surface area contributed by atoms with Gasteiger partial charge < -0.3 is 0 Å². The van der Waals surface area contributed by atoms with Gasteiger partial charge in [0.2, 0.25) is 0 Å². The Labute approximate surface area is 80.7 Å². The Morgan fingerprint density at radius 3 is 2.85 bits per heavy atom. The van der Waals surface area contributed by atoms with E-state index in [0.29, 0.717) is 5.92 Å². The smallest absolute Gasteiger partial charge is 0.0490 e. The van der Waals surface area contributed by atoms with Gasteiger partial charge in [0.05, 0.1) is 0 Å². The third kappa shape index (κ3) is 3.62. The zero-order chi connectivity index (χ0) is 9.52. The van der Waals surface area contributed by atoms with Gasteiger partial charge >= 0.3 is 0 Å². The highest BCUT2D eigenvalue weighted by Crippen LogP contribution is 2.19. The predicted molar refractivity (Wildman–Crippen MR) is 55.8 cm³/mol. The molecule has 2 heteroatoms. The summed E-state index contributed by atoms with van der Waals surface area (Å²) in [7, 11) is 0. The Morgan fingerprint density at radius 1 is 1.38 bits per heavy atom. The van der Waals surface area contributed by atoms with Crippen LogP contribution in [0.5, 0.6) is 0 Å². The van der Waals surface area contributed by atoms with Gasteiger partial charge in [0.1, 0.15) is 0 Å². The van der Waals surface area contributed by atoms with Crippen LogP contribution in [0.15, 0.2) is 12.3 Å². The van der Waals surface area contributed by atoms with Crippen molar-refractivity contribution in [3.05, 3.63) is 18.0 Å². The fourth-order valence-corrected chi connectivity index (χ4v) is 1.57. The molecule has 1 heterocycles. The minimum atomic E-state index is 0.638. The van der Waals surface area contributed by atoms with Gasteiger partial charge in [0.25, 0.3) is 0 Å². The molecule has 0 radical (unpaired) electrons. The minimum Gasteiger partial charge on any atom is -0.282 e. The molecule has 2 nitrogen and oxygen atoms in total. The van der Waals surface area contributed by atoms with Crippen molar-refractivity contribution in [1.82, 2.24) is 10.2 Å². The van der Waals surface area contributed by atoms with Crippen LogP contribution in [-0.2, 0) is 0 Å². The maximum atomic E-state index is 3.96. The number of aromatic amines is 1. The van der Waals surface area contributed by atoms with Gasteiger partial charge in [-0.15, -0.1) is 0 Å². The SMILES string of the molecule is CCCCCCC(C)c1ccn[nH]1. The fourth-order valence-electron chi connectivity index (χ4n) is 1.57. The van der Waals surface area contributed by atoms with Crippen LogP contribution in [0.2, 0.25) is 0 Å². The van der Waals surface area contributed by atoms with E-state index >= 15 is 0 Å². The van der Waals surface area contributed by atoms with Crippen LogP contribution in [0.1, 0.15) is 57.6 Å². The molecule has 0 saturated carbocycles. The molecule has 13 heavy (non-hydrogen) atoms. The molecule has 1 atom stereocenters. The zero-order valence-electron chi connectivity index (χ0n) is 8.71. The van der Waals surface area contributed by atoms with Crippen LogP contribution in [-0.4, -0.2) is 10.2 Å². The first kappa shape index (κ1) is 10.3. The van der Waals surface area contributed by atoms with Crippen LogP contribution in [0.4, 0.5) is 0 Å². The summed E-state index contributed by atoms with van der Waals surface area (Å²) < 4.78 is 0. The first-order valence-electron chi connectivity index (χ1n) is 5.34. The number of nitrogens with zero attached hydrogens (tertiary/aromatic N) is 1. The molecule has 0 aliphatic rings. The van der Waals surface area contributed by atoms with Crippen molar-refractivity contribution in [2.24, 2.45) is 0 Å². The van der Waals surface area contributed by atoms with E-state index in [-0.39, 0.29) is 0 Å². The highest BCUT2D eigenvalue weighted by Gasteiger charge is 2.05. The first-order valence-corrected chi connectivity index (χ1v) is 5.34. The van der Waals surface area contributed by atoms with E-state index in [0.717, 1.165) is 0 Å². The van der Waals surface area contributed by atoms with Gasteiger partial charge in [0.15, 0.2) is 0 Å². The van der Waals surface area contributed by atoms with E-state index in [4.69, 9.17) is 0 Å². The molecule has 0 saturated heterocycles. The maximum Gasteiger partial charge on any atom is 0.0490 e. The average Bonchev–Trinajstić information content (AvgIpc) is 2.65. The number of nitrogens with one attached hydrogen (secondary N) is 1. The second kappa shape index (κ2) is 5.79. The van der Waals surface area contributed by atoms with Gasteiger partial charge in [-0.25, -0.2) is 0 Å². The lowest BCUT2D eigenvalue weighted by Gasteiger charge is -2.07. The van der Waals surface area contributed by atoms with Crippen molar-refractivity contribution < 1.29 is 0 Å². The van der Waals surface area contributed by atoms with Gasteiger partial charge in [-0.2, -0.15) is 5.10 Å². The van der Waals surface area contributed by atoms with Crippen molar-refractivity contribution >= 4 is 0 Å². The Morgan fingerprint density at radius 2 is 2.23 bits per heavy atom. The van der Waals surface area contributed by atoms with Crippen LogP contribution in [0.3, 0.4) is 0 Å². The number of hydrogen-bond acceptors (Lipinski definition) is 1. The molecule has 1 rings (SSSR count). The molecular formula is C11H20N2. The molecule has 1 N–H and O–H groups in total. The monoisotopic (exact) mass is 180 g/mol. The normalized spacial score (nSPS) is 13.1. The van der Waals surface area contributed by atoms with Gasteiger partial charge in [-0.3, -0.25) is 5.10 Å². The Balaban J connectivity index is 2.15. The van der Waals surface area contributed by atoms with Crippen molar-refractivity contribution in [2.45, 2.75) is 51.9 Å². The molecule has 0 spiro atoms. The largest absolute Gasteiger partial charge is 0.282 e. The molecule has 0 aliphatic heterocycles. The van der Waals surface area contributed by atoms with Crippen molar-refractivity contribution in [3.63, 3.8) is 0 Å². The number of unbranched alkanes of at least 4 members (excludes halogenated alkanes) is 3. The second-order valence-corrected chi connectivity index (χ2v) is 3.76. The molecule has 0 fully saturated rings. The van der Waals surface area contributed by atoms with Gasteiger partial charge in [0, 0.05) is 11.9 Å². The highest BCUT2D eigenvalue weighted by atomic mass is 15.1. The zero-order valence-corrected chi connectivity index (χ0v) is 8.71. The van der Waals surface area contributed by atoms with Crippen molar-refractivity contribution in [3.8, 4) is 0 Å². The summed E-state index contributed by atoms with van der Waals surface area (Å²) in [6.45, 7) is 4.51. The van der Waals surface area contributed by atoms with Crippen molar-refractivity contribution in [2.75, 3.05) is 0 Å². The number of H-pyrrole nitrogens is 1. The highest BCUT2D eigenvalue weighted by molar-refractivity contribution is 5.03. The maximum absolute atomic E-state index is 3.96. The third-order valence-corrected chi connectivity index (χ3v) is 2.54. The standard InChI is InChI=1S/C11H20N2/c1-3-4-5-6-7-10(2)11-8-9-12-13-11/h8-10H,3-7H2,1-2H3,(H,12,13). The lowest BCUT2D eigenvalue weighted by atomic mass is 10.00. The molecule has 1 aromatic rings. The van der Waals surface area contributed by atoms with Gasteiger partial charge in [-0.05, 0) is 18.4 Å². The van der Waals surface area contributed by atoms with Crippen LogP contribution in [0.25, 0.3) is 0 Å². The lowest BCUT2D eigenvalue weighted by molar-refractivity contribution is 0.571. The summed E-state index contributed by atoms with van der Waals surface area (Å²) in [5.41, 5.74) is 1.27. The summed E-state index contributed by atoms with van der Waals surface area (Å²) >= 11 is 0. The van der Waals surface area contributed by atoms with Crippen LogP contribution in [0, 0.1) is 0 Å². The Bertz CT molecular complexity index is 204.